The number of rotatable bonds is 3. The predicted octanol–water partition coefficient (Wildman–Crippen LogP) is 1.42. The van der Waals surface area contributed by atoms with Gasteiger partial charge < -0.3 is 9.47 Å². The van der Waals surface area contributed by atoms with E-state index in [0.29, 0.717) is 18.1 Å². The number of aromatic nitrogens is 1. The Kier molecular flexibility index (Phi) is 3.43. The van der Waals surface area contributed by atoms with Gasteiger partial charge in [0.2, 0.25) is 5.88 Å². The summed E-state index contributed by atoms with van der Waals surface area (Å²) in [6.07, 6.45) is 0. The van der Waals surface area contributed by atoms with Crippen LogP contribution in [0.15, 0.2) is 6.07 Å². The van der Waals surface area contributed by atoms with E-state index in [1.807, 2.05) is 13.0 Å². The lowest BCUT2D eigenvalue weighted by molar-refractivity contribution is 0.180. The van der Waals surface area contributed by atoms with E-state index in [1.165, 1.54) is 7.11 Å². The Bertz CT molecular complexity index is 369. The number of methoxy groups -OCH3 is 2. The summed E-state index contributed by atoms with van der Waals surface area (Å²) in [6.45, 7) is 2.27. The van der Waals surface area contributed by atoms with Gasteiger partial charge >= 0.3 is 0 Å². The van der Waals surface area contributed by atoms with E-state index >= 15 is 0 Å². The molecule has 4 nitrogen and oxygen atoms in total. The van der Waals surface area contributed by atoms with Gasteiger partial charge in [0, 0.05) is 7.11 Å². The van der Waals surface area contributed by atoms with E-state index in [4.69, 9.17) is 14.7 Å². The summed E-state index contributed by atoms with van der Waals surface area (Å²) in [4.78, 5) is 4.14. The van der Waals surface area contributed by atoms with Gasteiger partial charge in [0.25, 0.3) is 0 Å². The molecular formula is C10H12N2O2. The van der Waals surface area contributed by atoms with E-state index in [2.05, 4.69) is 11.1 Å². The quantitative estimate of drug-likeness (QED) is 0.726. The molecule has 74 valence electrons. The maximum absolute atomic E-state index is 8.85. The summed E-state index contributed by atoms with van der Waals surface area (Å²) >= 11 is 0. The van der Waals surface area contributed by atoms with E-state index in [9.17, 15) is 0 Å². The fraction of sp³-hybridized carbons (Fsp3) is 0.400. The molecule has 1 heterocycles. The lowest BCUT2D eigenvalue weighted by atomic mass is 10.1. The van der Waals surface area contributed by atoms with Crippen LogP contribution in [0, 0.1) is 18.3 Å². The highest BCUT2D eigenvalue weighted by Gasteiger charge is 2.09. The van der Waals surface area contributed by atoms with Gasteiger partial charge in [-0.25, -0.2) is 4.98 Å². The number of hydrogen-bond acceptors (Lipinski definition) is 4. The molecule has 0 amide bonds. The minimum atomic E-state index is 0.361. The second-order valence-corrected chi connectivity index (χ2v) is 2.86. The van der Waals surface area contributed by atoms with E-state index in [1.54, 1.807) is 7.11 Å². The van der Waals surface area contributed by atoms with Crippen molar-refractivity contribution in [3.63, 3.8) is 0 Å². The van der Waals surface area contributed by atoms with Crippen molar-refractivity contribution in [2.45, 2.75) is 13.5 Å². The highest BCUT2D eigenvalue weighted by atomic mass is 16.5. The van der Waals surface area contributed by atoms with Gasteiger partial charge in [-0.3, -0.25) is 0 Å². The molecule has 0 saturated heterocycles. The first-order valence-corrected chi connectivity index (χ1v) is 4.16. The standard InChI is InChI=1S/C10H12N2O2/c1-7-4-8(6-13-2)12-10(14-3)9(7)5-11/h4H,6H2,1-3H3. The van der Waals surface area contributed by atoms with Crippen LogP contribution in [-0.4, -0.2) is 19.2 Å². The second kappa shape index (κ2) is 4.58. The minimum Gasteiger partial charge on any atom is -0.480 e. The number of aryl methyl sites for hydroxylation is 1. The second-order valence-electron chi connectivity index (χ2n) is 2.86. The zero-order valence-corrected chi connectivity index (χ0v) is 8.50. The zero-order valence-electron chi connectivity index (χ0n) is 8.50. The fourth-order valence-corrected chi connectivity index (χ4v) is 1.21. The number of nitriles is 1. The van der Waals surface area contributed by atoms with E-state index in [0.717, 1.165) is 11.3 Å². The first-order chi connectivity index (χ1) is 6.72. The van der Waals surface area contributed by atoms with Crippen molar-refractivity contribution in [3.8, 4) is 11.9 Å². The lowest BCUT2D eigenvalue weighted by Crippen LogP contribution is -2.00. The van der Waals surface area contributed by atoms with Gasteiger partial charge in [-0.15, -0.1) is 0 Å². The molecule has 0 spiro atoms. The monoisotopic (exact) mass is 192 g/mol. The van der Waals surface area contributed by atoms with Crippen LogP contribution in [-0.2, 0) is 11.3 Å². The summed E-state index contributed by atoms with van der Waals surface area (Å²) in [5.41, 5.74) is 2.10. The van der Waals surface area contributed by atoms with Gasteiger partial charge in [0.05, 0.1) is 19.4 Å². The molecule has 1 aromatic rings. The van der Waals surface area contributed by atoms with Gasteiger partial charge in [0.1, 0.15) is 11.6 Å². The number of ether oxygens (including phenoxy) is 2. The summed E-state index contributed by atoms with van der Waals surface area (Å²) in [6, 6.07) is 3.88. The molecule has 1 rings (SSSR count). The minimum absolute atomic E-state index is 0.361. The molecule has 0 radical (unpaired) electrons. The van der Waals surface area contributed by atoms with Gasteiger partial charge in [0.15, 0.2) is 0 Å². The summed E-state index contributed by atoms with van der Waals surface area (Å²) in [7, 11) is 3.10. The molecule has 1 aromatic heterocycles. The molecule has 0 N–H and O–H groups in total. The van der Waals surface area contributed by atoms with Gasteiger partial charge in [-0.05, 0) is 18.6 Å². The Hall–Kier alpha value is -1.60. The fourth-order valence-electron chi connectivity index (χ4n) is 1.21. The van der Waals surface area contributed by atoms with Crippen LogP contribution in [0.5, 0.6) is 5.88 Å². The van der Waals surface area contributed by atoms with Crippen LogP contribution in [0.4, 0.5) is 0 Å². The average Bonchev–Trinajstić information content (AvgIpc) is 2.17. The van der Waals surface area contributed by atoms with Crippen LogP contribution in [0.25, 0.3) is 0 Å². The first-order valence-electron chi connectivity index (χ1n) is 4.16. The molecule has 0 aliphatic heterocycles. The molecule has 4 heteroatoms. The van der Waals surface area contributed by atoms with Crippen LogP contribution >= 0.6 is 0 Å². The van der Waals surface area contributed by atoms with E-state index in [-0.39, 0.29) is 0 Å². The van der Waals surface area contributed by atoms with Crippen LogP contribution in [0.1, 0.15) is 16.8 Å². The Labute approximate surface area is 83.1 Å². The largest absolute Gasteiger partial charge is 0.480 e. The van der Waals surface area contributed by atoms with Crippen molar-refractivity contribution in [1.29, 1.82) is 5.26 Å². The van der Waals surface area contributed by atoms with Crippen LogP contribution in [0.2, 0.25) is 0 Å². The predicted molar refractivity (Wildman–Crippen MR) is 51.0 cm³/mol. The molecule has 0 aliphatic carbocycles. The summed E-state index contributed by atoms with van der Waals surface area (Å²) in [5.74, 6) is 0.361. The van der Waals surface area contributed by atoms with E-state index < -0.39 is 0 Å². The normalized spacial score (nSPS) is 9.57. The van der Waals surface area contributed by atoms with Crippen molar-refractivity contribution < 1.29 is 9.47 Å². The SMILES string of the molecule is COCc1cc(C)c(C#N)c(OC)n1. The Morgan fingerprint density at radius 2 is 2.21 bits per heavy atom. The summed E-state index contributed by atoms with van der Waals surface area (Å²) < 4.78 is 9.97. The smallest absolute Gasteiger partial charge is 0.231 e. The van der Waals surface area contributed by atoms with Crippen molar-refractivity contribution in [1.82, 2.24) is 4.98 Å². The highest BCUT2D eigenvalue weighted by Crippen LogP contribution is 2.19. The van der Waals surface area contributed by atoms with Gasteiger partial charge in [-0.2, -0.15) is 5.26 Å². The molecular weight excluding hydrogens is 180 g/mol. The van der Waals surface area contributed by atoms with Crippen molar-refractivity contribution in [2.75, 3.05) is 14.2 Å². The number of hydrogen-bond donors (Lipinski definition) is 0. The highest BCUT2D eigenvalue weighted by molar-refractivity contribution is 5.45. The lowest BCUT2D eigenvalue weighted by Gasteiger charge is -2.07. The van der Waals surface area contributed by atoms with Gasteiger partial charge in [-0.1, -0.05) is 0 Å². The van der Waals surface area contributed by atoms with Crippen molar-refractivity contribution in [3.05, 3.63) is 22.9 Å². The number of pyridine rings is 1. The Balaban J connectivity index is 3.19. The third-order valence-electron chi connectivity index (χ3n) is 1.83. The molecule has 0 atom stereocenters. The number of nitrogens with zero attached hydrogens (tertiary/aromatic N) is 2. The van der Waals surface area contributed by atoms with Crippen LogP contribution in [0.3, 0.4) is 0 Å². The molecule has 0 unspecified atom stereocenters. The molecule has 0 bridgehead atoms. The molecule has 14 heavy (non-hydrogen) atoms. The third-order valence-corrected chi connectivity index (χ3v) is 1.83. The van der Waals surface area contributed by atoms with Crippen molar-refractivity contribution in [2.24, 2.45) is 0 Å². The molecule has 0 fully saturated rings. The van der Waals surface area contributed by atoms with Crippen molar-refractivity contribution >= 4 is 0 Å². The Morgan fingerprint density at radius 1 is 1.50 bits per heavy atom. The summed E-state index contributed by atoms with van der Waals surface area (Å²) in [5, 5.41) is 8.85. The third kappa shape index (κ3) is 2.01. The molecule has 0 saturated carbocycles. The zero-order chi connectivity index (χ0) is 10.6. The average molecular weight is 192 g/mol. The molecule has 0 aliphatic rings. The topological polar surface area (TPSA) is 55.1 Å². The Morgan fingerprint density at radius 3 is 2.71 bits per heavy atom. The molecule has 0 aromatic carbocycles. The maximum atomic E-state index is 8.85. The van der Waals surface area contributed by atoms with Crippen LogP contribution < -0.4 is 4.74 Å². The maximum Gasteiger partial charge on any atom is 0.231 e. The first kappa shape index (κ1) is 10.5.